The van der Waals surface area contributed by atoms with Crippen molar-refractivity contribution < 1.29 is 32.6 Å². The number of hydrogen-bond donors (Lipinski definition) is 2. The standard InChI is InChI=1S/C32H28N2O7S/c1-20-17-23(11-16-27(20)41-19-21-7-4-3-5-8-21)30(35)28-29(22-9-6-10-25(18-22)40-2)34(32(37)31(28)36)24-12-14-26(15-13-24)42(33,38)39/h3-18,29,35H,19H2,1-2H3,(H2,33,38,39)/b30-28+. The molecule has 0 aromatic heterocycles. The first kappa shape index (κ1) is 28.6. The number of hydrogen-bond acceptors (Lipinski definition) is 7. The van der Waals surface area contributed by atoms with Crippen LogP contribution >= 0.6 is 0 Å². The molecule has 3 N–H and O–H groups in total. The Morgan fingerprint density at radius 1 is 0.929 bits per heavy atom. The number of ketones is 1. The van der Waals surface area contributed by atoms with Crippen molar-refractivity contribution in [1.82, 2.24) is 0 Å². The van der Waals surface area contributed by atoms with Crippen LogP contribution in [-0.4, -0.2) is 32.3 Å². The maximum atomic E-state index is 13.5. The molecule has 1 heterocycles. The maximum Gasteiger partial charge on any atom is 0.300 e. The van der Waals surface area contributed by atoms with E-state index in [0.717, 1.165) is 11.1 Å². The second kappa shape index (κ2) is 11.5. The number of carbonyl (C=O) groups is 2. The van der Waals surface area contributed by atoms with Crippen molar-refractivity contribution in [3.8, 4) is 11.5 Å². The van der Waals surface area contributed by atoms with Crippen LogP contribution in [0.3, 0.4) is 0 Å². The van der Waals surface area contributed by atoms with Gasteiger partial charge in [0, 0.05) is 11.3 Å². The van der Waals surface area contributed by atoms with Crippen LogP contribution < -0.4 is 19.5 Å². The lowest BCUT2D eigenvalue weighted by Gasteiger charge is -2.26. The molecule has 1 atom stereocenters. The summed E-state index contributed by atoms with van der Waals surface area (Å²) in [5.74, 6) is -1.04. The van der Waals surface area contributed by atoms with Gasteiger partial charge in [-0.2, -0.15) is 0 Å². The fourth-order valence-corrected chi connectivity index (χ4v) is 5.39. The molecule has 1 fully saturated rings. The zero-order valence-corrected chi connectivity index (χ0v) is 23.7. The highest BCUT2D eigenvalue weighted by Gasteiger charge is 2.47. The second-order valence-corrected chi connectivity index (χ2v) is 11.3. The van der Waals surface area contributed by atoms with E-state index in [2.05, 4.69) is 0 Å². The van der Waals surface area contributed by atoms with Crippen LogP contribution in [0.5, 0.6) is 11.5 Å². The molecule has 1 aliphatic heterocycles. The summed E-state index contributed by atoms with van der Waals surface area (Å²) >= 11 is 0. The van der Waals surface area contributed by atoms with Gasteiger partial charge in [0.1, 0.15) is 23.9 Å². The lowest BCUT2D eigenvalue weighted by molar-refractivity contribution is -0.132. The Morgan fingerprint density at radius 3 is 2.29 bits per heavy atom. The Labute approximate surface area is 243 Å². The zero-order valence-electron chi connectivity index (χ0n) is 22.9. The van der Waals surface area contributed by atoms with Gasteiger partial charge in [-0.25, -0.2) is 13.6 Å². The van der Waals surface area contributed by atoms with Gasteiger partial charge in [-0.05, 0) is 78.2 Å². The molecule has 214 valence electrons. The van der Waals surface area contributed by atoms with Crippen LogP contribution in [0.25, 0.3) is 5.76 Å². The third kappa shape index (κ3) is 5.63. The predicted octanol–water partition coefficient (Wildman–Crippen LogP) is 4.86. The normalized spacial score (nSPS) is 16.5. The van der Waals surface area contributed by atoms with E-state index < -0.39 is 27.8 Å². The van der Waals surface area contributed by atoms with Crippen molar-refractivity contribution in [1.29, 1.82) is 0 Å². The van der Waals surface area contributed by atoms with E-state index in [-0.39, 0.29) is 21.9 Å². The number of aliphatic hydroxyl groups is 1. The summed E-state index contributed by atoms with van der Waals surface area (Å²) in [4.78, 5) is 28.0. The molecule has 10 heteroatoms. The second-order valence-electron chi connectivity index (χ2n) is 9.74. The van der Waals surface area contributed by atoms with E-state index in [0.29, 0.717) is 29.2 Å². The zero-order chi connectivity index (χ0) is 30.0. The van der Waals surface area contributed by atoms with Crippen LogP contribution in [0.15, 0.2) is 108 Å². The Morgan fingerprint density at radius 2 is 1.64 bits per heavy atom. The average Bonchev–Trinajstić information content (AvgIpc) is 3.26. The van der Waals surface area contributed by atoms with E-state index in [1.54, 1.807) is 42.5 Å². The Hall–Kier alpha value is -4.93. The molecule has 9 nitrogen and oxygen atoms in total. The lowest BCUT2D eigenvalue weighted by atomic mass is 9.94. The van der Waals surface area contributed by atoms with Crippen molar-refractivity contribution in [3.05, 3.63) is 125 Å². The number of aryl methyl sites for hydroxylation is 1. The number of amides is 1. The van der Waals surface area contributed by atoms with Crippen LogP contribution in [0, 0.1) is 6.92 Å². The maximum absolute atomic E-state index is 13.5. The van der Waals surface area contributed by atoms with E-state index in [4.69, 9.17) is 14.6 Å². The number of benzene rings is 4. The fourth-order valence-electron chi connectivity index (χ4n) is 4.87. The molecular formula is C32H28N2O7S. The van der Waals surface area contributed by atoms with E-state index in [1.807, 2.05) is 37.3 Å². The number of ether oxygens (including phenoxy) is 2. The molecular weight excluding hydrogens is 556 g/mol. The van der Waals surface area contributed by atoms with Gasteiger partial charge in [0.2, 0.25) is 10.0 Å². The molecule has 1 amide bonds. The molecule has 0 radical (unpaired) electrons. The molecule has 0 spiro atoms. The quantitative estimate of drug-likeness (QED) is 0.172. The van der Waals surface area contributed by atoms with Gasteiger partial charge in [0.15, 0.2) is 0 Å². The molecule has 4 aromatic rings. The Bertz CT molecular complexity index is 1800. The Balaban J connectivity index is 1.58. The van der Waals surface area contributed by atoms with Gasteiger partial charge < -0.3 is 14.6 Å². The summed E-state index contributed by atoms with van der Waals surface area (Å²) in [7, 11) is -2.48. The number of aliphatic hydroxyl groups excluding tert-OH is 1. The van der Waals surface area contributed by atoms with Crippen LogP contribution in [0.1, 0.15) is 28.3 Å². The number of sulfonamides is 1. The number of nitrogens with two attached hydrogens (primary N) is 1. The monoisotopic (exact) mass is 584 g/mol. The largest absolute Gasteiger partial charge is 0.507 e. The summed E-state index contributed by atoms with van der Waals surface area (Å²) in [5, 5.41) is 16.7. The highest BCUT2D eigenvalue weighted by atomic mass is 32.2. The number of rotatable bonds is 8. The van der Waals surface area contributed by atoms with Crippen molar-refractivity contribution in [2.24, 2.45) is 5.14 Å². The molecule has 0 bridgehead atoms. The lowest BCUT2D eigenvalue weighted by Crippen LogP contribution is -2.29. The summed E-state index contributed by atoms with van der Waals surface area (Å²) in [5.41, 5.74) is 2.68. The van der Waals surface area contributed by atoms with Crippen molar-refractivity contribution in [3.63, 3.8) is 0 Å². The molecule has 0 aliphatic carbocycles. The smallest absolute Gasteiger partial charge is 0.300 e. The summed E-state index contributed by atoms with van der Waals surface area (Å²) < 4.78 is 34.9. The third-order valence-electron chi connectivity index (χ3n) is 6.98. The van der Waals surface area contributed by atoms with E-state index >= 15 is 0 Å². The van der Waals surface area contributed by atoms with E-state index in [9.17, 15) is 23.1 Å². The predicted molar refractivity (Wildman–Crippen MR) is 158 cm³/mol. The topological polar surface area (TPSA) is 136 Å². The number of nitrogens with zero attached hydrogens (tertiary/aromatic N) is 1. The Kier molecular flexibility index (Phi) is 7.84. The molecule has 1 unspecified atom stereocenters. The number of anilines is 1. The van der Waals surface area contributed by atoms with Crippen molar-refractivity contribution in [2.75, 3.05) is 12.0 Å². The summed E-state index contributed by atoms with van der Waals surface area (Å²) in [6.07, 6.45) is 0. The van der Waals surface area contributed by atoms with Crippen molar-refractivity contribution >= 4 is 33.2 Å². The SMILES string of the molecule is COc1cccc(C2/C(=C(\O)c3ccc(OCc4ccccc4)c(C)c3)C(=O)C(=O)N2c2ccc(S(N)(=O)=O)cc2)c1. The van der Waals surface area contributed by atoms with Gasteiger partial charge in [0.05, 0.1) is 23.6 Å². The molecule has 42 heavy (non-hydrogen) atoms. The number of primary sulfonamides is 1. The van der Waals surface area contributed by atoms with Gasteiger partial charge >= 0.3 is 0 Å². The van der Waals surface area contributed by atoms with Crippen LogP contribution in [0.2, 0.25) is 0 Å². The van der Waals surface area contributed by atoms with Gasteiger partial charge in [-0.1, -0.05) is 42.5 Å². The summed E-state index contributed by atoms with van der Waals surface area (Å²) in [6.45, 7) is 2.18. The first-order valence-electron chi connectivity index (χ1n) is 12.9. The minimum absolute atomic E-state index is 0.124. The number of carbonyl (C=O) groups excluding carboxylic acids is 2. The van der Waals surface area contributed by atoms with E-state index in [1.165, 1.54) is 36.3 Å². The van der Waals surface area contributed by atoms with Gasteiger partial charge in [0.25, 0.3) is 11.7 Å². The van der Waals surface area contributed by atoms with Crippen LogP contribution in [0.4, 0.5) is 5.69 Å². The van der Waals surface area contributed by atoms with Crippen molar-refractivity contribution in [2.45, 2.75) is 24.5 Å². The number of Topliss-reactive ketones (excluding diaryl/α,β-unsaturated/α-hetero) is 1. The van der Waals surface area contributed by atoms with Gasteiger partial charge in [-0.3, -0.25) is 14.5 Å². The third-order valence-corrected chi connectivity index (χ3v) is 7.91. The minimum atomic E-state index is -3.98. The first-order valence-corrected chi connectivity index (χ1v) is 14.5. The molecule has 4 aromatic carbocycles. The molecule has 1 aliphatic rings. The minimum Gasteiger partial charge on any atom is -0.507 e. The molecule has 5 rings (SSSR count). The molecule has 1 saturated heterocycles. The highest BCUT2D eigenvalue weighted by Crippen LogP contribution is 2.43. The fraction of sp³-hybridized carbons (Fsp3) is 0.125. The number of methoxy groups -OCH3 is 1. The first-order chi connectivity index (χ1) is 20.1. The molecule has 0 saturated carbocycles. The summed E-state index contributed by atoms with van der Waals surface area (Å²) in [6, 6.07) is 25.8. The average molecular weight is 585 g/mol. The van der Waals surface area contributed by atoms with Gasteiger partial charge in [-0.15, -0.1) is 0 Å². The van der Waals surface area contributed by atoms with Crippen LogP contribution in [-0.2, 0) is 26.2 Å². The highest BCUT2D eigenvalue weighted by molar-refractivity contribution is 7.89.